The highest BCUT2D eigenvalue weighted by Crippen LogP contribution is 2.35. The van der Waals surface area contributed by atoms with E-state index in [1.807, 2.05) is 0 Å². The fourth-order valence-electron chi connectivity index (χ4n) is 2.06. The molecule has 0 aliphatic carbocycles. The molecule has 0 spiro atoms. The average Bonchev–Trinajstić information content (AvgIpc) is 2.55. The summed E-state index contributed by atoms with van der Waals surface area (Å²) in [5, 5.41) is 3.62. The maximum Gasteiger partial charge on any atom is 0.166 e. The first-order valence-corrected chi connectivity index (χ1v) is 7.95. The Kier molecular flexibility index (Phi) is 4.57. The molecule has 0 aliphatic rings. The van der Waals surface area contributed by atoms with Crippen molar-refractivity contribution in [3.05, 3.63) is 50.9 Å². The van der Waals surface area contributed by atoms with Crippen LogP contribution in [0.15, 0.2) is 35.1 Å². The molecule has 3 rings (SSSR count). The van der Waals surface area contributed by atoms with Crippen LogP contribution >= 0.6 is 39.1 Å². The molecule has 1 heterocycles. The van der Waals surface area contributed by atoms with Gasteiger partial charge in [0.1, 0.15) is 17.9 Å². The van der Waals surface area contributed by atoms with Crippen molar-refractivity contribution in [1.29, 1.82) is 0 Å². The van der Waals surface area contributed by atoms with E-state index in [9.17, 15) is 4.39 Å². The first kappa shape index (κ1) is 16.2. The number of nitrogens with zero attached hydrogens (tertiary/aromatic N) is 2. The first-order valence-electron chi connectivity index (χ1n) is 6.40. The molecule has 0 aliphatic heterocycles. The largest absolute Gasteiger partial charge is 0.495 e. The lowest BCUT2D eigenvalue weighted by molar-refractivity contribution is 0.412. The van der Waals surface area contributed by atoms with E-state index in [4.69, 9.17) is 27.9 Å². The molecule has 2 aromatic carbocycles. The van der Waals surface area contributed by atoms with Crippen LogP contribution in [0.5, 0.6) is 5.75 Å². The molecule has 1 aromatic heterocycles. The normalized spacial score (nSPS) is 10.8. The van der Waals surface area contributed by atoms with Gasteiger partial charge >= 0.3 is 0 Å². The van der Waals surface area contributed by atoms with E-state index in [-0.39, 0.29) is 15.7 Å². The number of benzene rings is 2. The van der Waals surface area contributed by atoms with Crippen LogP contribution in [0, 0.1) is 5.82 Å². The highest BCUT2D eigenvalue weighted by molar-refractivity contribution is 9.10. The Bertz CT molecular complexity index is 908. The van der Waals surface area contributed by atoms with Gasteiger partial charge in [-0.25, -0.2) is 14.4 Å². The Morgan fingerprint density at radius 3 is 2.74 bits per heavy atom. The minimum atomic E-state index is -0.640. The maximum absolute atomic E-state index is 14.2. The molecule has 4 nitrogen and oxygen atoms in total. The van der Waals surface area contributed by atoms with Gasteiger partial charge in [-0.2, -0.15) is 0 Å². The maximum atomic E-state index is 14.2. The predicted octanol–water partition coefficient (Wildman–Crippen LogP) is 5.59. The quantitative estimate of drug-likeness (QED) is 0.565. The summed E-state index contributed by atoms with van der Waals surface area (Å²) in [6, 6.07) is 6.57. The third-order valence-electron chi connectivity index (χ3n) is 3.20. The second-order valence-corrected chi connectivity index (χ2v) is 6.21. The van der Waals surface area contributed by atoms with Gasteiger partial charge in [-0.15, -0.1) is 0 Å². The molecule has 1 N–H and O–H groups in total. The number of halogens is 4. The predicted molar refractivity (Wildman–Crippen MR) is 93.5 cm³/mol. The lowest BCUT2D eigenvalue weighted by Gasteiger charge is -2.12. The number of methoxy groups -OCH3 is 1. The molecule has 3 aromatic rings. The molecule has 0 unspecified atom stereocenters. The number of aromatic nitrogens is 2. The highest BCUT2D eigenvalue weighted by atomic mass is 79.9. The van der Waals surface area contributed by atoms with Gasteiger partial charge < -0.3 is 10.1 Å². The lowest BCUT2D eigenvalue weighted by Crippen LogP contribution is -1.99. The van der Waals surface area contributed by atoms with Crippen molar-refractivity contribution in [1.82, 2.24) is 9.97 Å². The minimum Gasteiger partial charge on any atom is -0.495 e. The Hall–Kier alpha value is -1.63. The summed E-state index contributed by atoms with van der Waals surface area (Å²) < 4.78 is 20.2. The molecule has 0 radical (unpaired) electrons. The number of nitrogens with one attached hydrogen (secondary N) is 1. The molecule has 0 saturated carbocycles. The molecule has 0 saturated heterocycles. The number of ether oxygens (including phenoxy) is 1. The monoisotopic (exact) mass is 415 g/mol. The number of fused-ring (bicyclic) bond motifs is 1. The molecular weight excluding hydrogens is 408 g/mol. The molecular formula is C15H9BrCl2FN3O. The van der Waals surface area contributed by atoms with Gasteiger partial charge in [0.25, 0.3) is 0 Å². The third kappa shape index (κ3) is 3.06. The molecule has 0 fully saturated rings. The van der Waals surface area contributed by atoms with Crippen LogP contribution in [0.1, 0.15) is 0 Å². The van der Waals surface area contributed by atoms with Crippen molar-refractivity contribution in [2.75, 3.05) is 12.4 Å². The summed E-state index contributed by atoms with van der Waals surface area (Å²) in [7, 11) is 1.57. The molecule has 0 bridgehead atoms. The number of hydrogen-bond donors (Lipinski definition) is 1. The van der Waals surface area contributed by atoms with Crippen molar-refractivity contribution in [3.63, 3.8) is 0 Å². The Morgan fingerprint density at radius 2 is 2.00 bits per heavy atom. The SMILES string of the molecule is COc1cc2ncnc(Nc3ccc(Cl)c(Cl)c3F)c2cc1Br. The van der Waals surface area contributed by atoms with E-state index in [0.29, 0.717) is 22.5 Å². The Balaban J connectivity index is 2.11. The number of rotatable bonds is 3. The topological polar surface area (TPSA) is 47.0 Å². The highest BCUT2D eigenvalue weighted by Gasteiger charge is 2.14. The van der Waals surface area contributed by atoms with Crippen molar-refractivity contribution < 1.29 is 9.13 Å². The molecule has 8 heteroatoms. The van der Waals surface area contributed by atoms with Crippen LogP contribution < -0.4 is 10.1 Å². The Morgan fingerprint density at radius 1 is 1.22 bits per heavy atom. The fourth-order valence-corrected chi connectivity index (χ4v) is 2.88. The van der Waals surface area contributed by atoms with E-state index in [2.05, 4.69) is 31.2 Å². The van der Waals surface area contributed by atoms with Crippen LogP contribution in [0.3, 0.4) is 0 Å². The van der Waals surface area contributed by atoms with Gasteiger partial charge in [-0.05, 0) is 34.1 Å². The molecule has 118 valence electrons. The van der Waals surface area contributed by atoms with Crippen molar-refractivity contribution in [2.24, 2.45) is 0 Å². The van der Waals surface area contributed by atoms with E-state index in [0.717, 1.165) is 4.47 Å². The summed E-state index contributed by atoms with van der Waals surface area (Å²) in [5.41, 5.74) is 0.828. The van der Waals surface area contributed by atoms with E-state index in [1.165, 1.54) is 18.5 Å². The van der Waals surface area contributed by atoms with Crippen LogP contribution in [-0.4, -0.2) is 17.1 Å². The third-order valence-corrected chi connectivity index (χ3v) is 4.60. The van der Waals surface area contributed by atoms with Gasteiger partial charge in [0.15, 0.2) is 5.82 Å². The number of hydrogen-bond acceptors (Lipinski definition) is 4. The summed E-state index contributed by atoms with van der Waals surface area (Å²) in [5.74, 6) is 0.442. The van der Waals surface area contributed by atoms with Crippen molar-refractivity contribution in [2.45, 2.75) is 0 Å². The smallest absolute Gasteiger partial charge is 0.166 e. The van der Waals surface area contributed by atoms with Gasteiger partial charge in [-0.1, -0.05) is 23.2 Å². The van der Waals surface area contributed by atoms with Gasteiger partial charge in [0.05, 0.1) is 32.8 Å². The average molecular weight is 417 g/mol. The summed E-state index contributed by atoms with van der Waals surface area (Å²) in [6.07, 6.45) is 1.38. The van der Waals surface area contributed by atoms with Crippen LogP contribution in [0.2, 0.25) is 10.0 Å². The van der Waals surface area contributed by atoms with Crippen LogP contribution in [0.25, 0.3) is 10.9 Å². The summed E-state index contributed by atoms with van der Waals surface area (Å²) >= 11 is 15.0. The Labute approximate surface area is 149 Å². The zero-order valence-electron chi connectivity index (χ0n) is 11.7. The lowest BCUT2D eigenvalue weighted by atomic mass is 10.2. The second kappa shape index (κ2) is 6.47. The summed E-state index contributed by atoms with van der Waals surface area (Å²) in [6.45, 7) is 0. The van der Waals surface area contributed by atoms with Crippen LogP contribution in [-0.2, 0) is 0 Å². The van der Waals surface area contributed by atoms with Crippen molar-refractivity contribution >= 4 is 61.5 Å². The van der Waals surface area contributed by atoms with E-state index < -0.39 is 5.82 Å². The van der Waals surface area contributed by atoms with E-state index in [1.54, 1.807) is 19.2 Å². The number of anilines is 2. The minimum absolute atomic E-state index is 0.141. The molecule has 0 amide bonds. The van der Waals surface area contributed by atoms with Gasteiger partial charge in [0, 0.05) is 11.5 Å². The first-order chi connectivity index (χ1) is 11.0. The molecule has 23 heavy (non-hydrogen) atoms. The van der Waals surface area contributed by atoms with Crippen molar-refractivity contribution in [3.8, 4) is 5.75 Å². The zero-order valence-corrected chi connectivity index (χ0v) is 14.8. The van der Waals surface area contributed by atoms with Gasteiger partial charge in [0.2, 0.25) is 0 Å². The van der Waals surface area contributed by atoms with E-state index >= 15 is 0 Å². The summed E-state index contributed by atoms with van der Waals surface area (Å²) in [4.78, 5) is 8.36. The van der Waals surface area contributed by atoms with Crippen LogP contribution in [0.4, 0.5) is 15.9 Å². The fraction of sp³-hybridized carbons (Fsp3) is 0.0667. The van der Waals surface area contributed by atoms with Gasteiger partial charge in [-0.3, -0.25) is 0 Å². The molecule has 0 atom stereocenters. The zero-order chi connectivity index (χ0) is 16.6. The standard InChI is InChI=1S/C15H9BrCl2FN3O/c1-23-12-5-11-7(4-8(12)16)15(21-6-20-11)22-10-3-2-9(17)13(18)14(10)19/h2-6H,1H3,(H,20,21,22). The second-order valence-electron chi connectivity index (χ2n) is 4.57.